The third-order valence-electron chi connectivity index (χ3n) is 2.36. The number of aliphatic hydroxyl groups is 1. The van der Waals surface area contributed by atoms with Gasteiger partial charge in [-0.05, 0) is 32.6 Å². The summed E-state index contributed by atoms with van der Waals surface area (Å²) in [6.07, 6.45) is 1.38. The number of hydrogen-bond donors (Lipinski definition) is 1. The highest BCUT2D eigenvalue weighted by atomic mass is 28.3. The van der Waals surface area contributed by atoms with E-state index in [1.165, 1.54) is 0 Å². The molecule has 0 aromatic rings. The summed E-state index contributed by atoms with van der Waals surface area (Å²) < 4.78 is 5.96. The molecule has 3 atom stereocenters. The molecule has 3 heteroatoms. The molecule has 18 heavy (non-hydrogen) atoms. The first-order chi connectivity index (χ1) is 8.10. The van der Waals surface area contributed by atoms with Crippen LogP contribution >= 0.6 is 0 Å². The Labute approximate surface area is 114 Å². The van der Waals surface area contributed by atoms with Gasteiger partial charge in [0.05, 0.1) is 12.2 Å². The maximum Gasteiger partial charge on any atom is 0.129 e. The zero-order chi connectivity index (χ0) is 14.3. The predicted octanol–water partition coefficient (Wildman–Crippen LogP) is 3.46. The van der Waals surface area contributed by atoms with Crippen molar-refractivity contribution < 1.29 is 9.84 Å². The SMILES string of the molecule is CC(C)C[C@@H](C#C[Si](C)(C)C)O[C@H](C)C[C@@H](C)O. The van der Waals surface area contributed by atoms with Gasteiger partial charge in [0, 0.05) is 0 Å². The van der Waals surface area contributed by atoms with Gasteiger partial charge in [0.1, 0.15) is 14.2 Å². The van der Waals surface area contributed by atoms with Crippen molar-refractivity contribution >= 4 is 8.07 Å². The van der Waals surface area contributed by atoms with E-state index in [0.29, 0.717) is 12.3 Å². The summed E-state index contributed by atoms with van der Waals surface area (Å²) >= 11 is 0. The number of ether oxygens (including phenoxy) is 1. The Morgan fingerprint density at radius 1 is 1.06 bits per heavy atom. The van der Waals surface area contributed by atoms with Crippen molar-refractivity contribution in [1.82, 2.24) is 0 Å². The lowest BCUT2D eigenvalue weighted by Gasteiger charge is -2.21. The molecule has 0 heterocycles. The van der Waals surface area contributed by atoms with E-state index in [9.17, 15) is 5.11 Å². The van der Waals surface area contributed by atoms with Crippen molar-refractivity contribution in [3.8, 4) is 11.5 Å². The average Bonchev–Trinajstić information content (AvgIpc) is 2.10. The standard InChI is InChI=1S/C15H30O2Si/c1-12(2)10-15(8-9-18(5,6)7)17-14(4)11-13(3)16/h12-16H,10-11H2,1-7H3/t13-,14-,15-/m1/s1. The van der Waals surface area contributed by atoms with E-state index in [-0.39, 0.29) is 18.3 Å². The summed E-state index contributed by atoms with van der Waals surface area (Å²) in [6.45, 7) is 14.9. The Kier molecular flexibility index (Phi) is 7.85. The number of rotatable bonds is 6. The largest absolute Gasteiger partial charge is 0.393 e. The van der Waals surface area contributed by atoms with E-state index in [1.54, 1.807) is 6.92 Å². The lowest BCUT2D eigenvalue weighted by molar-refractivity contribution is -0.00587. The van der Waals surface area contributed by atoms with Crippen molar-refractivity contribution in [3.63, 3.8) is 0 Å². The van der Waals surface area contributed by atoms with Crippen LogP contribution < -0.4 is 0 Å². The quantitative estimate of drug-likeness (QED) is 0.591. The fourth-order valence-corrected chi connectivity index (χ4v) is 2.28. The van der Waals surface area contributed by atoms with Crippen LogP contribution in [0.2, 0.25) is 19.6 Å². The van der Waals surface area contributed by atoms with Gasteiger partial charge in [-0.2, -0.15) is 0 Å². The highest BCUT2D eigenvalue weighted by Gasteiger charge is 2.15. The first kappa shape index (κ1) is 17.7. The Morgan fingerprint density at radius 3 is 2.00 bits per heavy atom. The minimum absolute atomic E-state index is 0.00507. The van der Waals surface area contributed by atoms with Gasteiger partial charge < -0.3 is 9.84 Å². The predicted molar refractivity (Wildman–Crippen MR) is 81.2 cm³/mol. The third-order valence-corrected chi connectivity index (χ3v) is 3.26. The van der Waals surface area contributed by atoms with Gasteiger partial charge in [0.2, 0.25) is 0 Å². The second-order valence-electron chi connectivity index (χ2n) is 6.67. The molecule has 0 aromatic heterocycles. The maximum atomic E-state index is 9.37. The molecule has 0 aromatic carbocycles. The fourth-order valence-electron chi connectivity index (χ4n) is 1.69. The molecule has 0 amide bonds. The lowest BCUT2D eigenvalue weighted by atomic mass is 10.1. The van der Waals surface area contributed by atoms with Gasteiger partial charge in [0.15, 0.2) is 0 Å². The van der Waals surface area contributed by atoms with Crippen molar-refractivity contribution in [1.29, 1.82) is 0 Å². The molecule has 0 aliphatic rings. The molecule has 0 spiro atoms. The summed E-state index contributed by atoms with van der Waals surface area (Å²) in [5.74, 6) is 3.88. The van der Waals surface area contributed by atoms with Crippen molar-refractivity contribution in [3.05, 3.63) is 0 Å². The first-order valence-electron chi connectivity index (χ1n) is 6.96. The number of hydrogen-bond acceptors (Lipinski definition) is 2. The van der Waals surface area contributed by atoms with E-state index in [1.807, 2.05) is 6.92 Å². The molecular weight excluding hydrogens is 240 g/mol. The summed E-state index contributed by atoms with van der Waals surface area (Å²) in [5.41, 5.74) is 3.39. The first-order valence-corrected chi connectivity index (χ1v) is 10.5. The Balaban J connectivity index is 4.53. The minimum Gasteiger partial charge on any atom is -0.393 e. The van der Waals surface area contributed by atoms with Gasteiger partial charge in [0.25, 0.3) is 0 Å². The van der Waals surface area contributed by atoms with Crippen molar-refractivity contribution in [2.45, 2.75) is 78.5 Å². The van der Waals surface area contributed by atoms with Gasteiger partial charge in [-0.1, -0.05) is 39.4 Å². The van der Waals surface area contributed by atoms with E-state index >= 15 is 0 Å². The number of aliphatic hydroxyl groups excluding tert-OH is 1. The molecule has 0 unspecified atom stereocenters. The Morgan fingerprint density at radius 2 is 1.61 bits per heavy atom. The monoisotopic (exact) mass is 270 g/mol. The molecule has 0 aliphatic heterocycles. The molecule has 0 radical (unpaired) electrons. The fraction of sp³-hybridized carbons (Fsp3) is 0.867. The van der Waals surface area contributed by atoms with Crippen LogP contribution in [0.15, 0.2) is 0 Å². The van der Waals surface area contributed by atoms with Crippen LogP contribution in [0.4, 0.5) is 0 Å². The smallest absolute Gasteiger partial charge is 0.129 e. The minimum atomic E-state index is -1.34. The Bertz CT molecular complexity index is 281. The van der Waals surface area contributed by atoms with Gasteiger partial charge >= 0.3 is 0 Å². The topological polar surface area (TPSA) is 29.5 Å². The van der Waals surface area contributed by atoms with Crippen LogP contribution in [-0.4, -0.2) is 31.5 Å². The molecule has 0 saturated carbocycles. The molecule has 0 rings (SSSR count). The molecule has 0 saturated heterocycles. The third kappa shape index (κ3) is 10.8. The van der Waals surface area contributed by atoms with Crippen LogP contribution in [0.5, 0.6) is 0 Å². The van der Waals surface area contributed by atoms with Crippen LogP contribution in [0, 0.1) is 17.4 Å². The summed E-state index contributed by atoms with van der Waals surface area (Å²) in [6, 6.07) is 0. The van der Waals surface area contributed by atoms with Crippen molar-refractivity contribution in [2.24, 2.45) is 5.92 Å². The van der Waals surface area contributed by atoms with Crippen LogP contribution in [0.1, 0.15) is 40.5 Å². The van der Waals surface area contributed by atoms with E-state index < -0.39 is 8.07 Å². The average molecular weight is 270 g/mol. The Hall–Kier alpha value is -0.303. The second-order valence-corrected chi connectivity index (χ2v) is 11.4. The molecule has 0 bridgehead atoms. The summed E-state index contributed by atoms with van der Waals surface area (Å²) in [5, 5.41) is 9.37. The zero-order valence-corrected chi connectivity index (χ0v) is 14.1. The summed E-state index contributed by atoms with van der Waals surface area (Å²) in [4.78, 5) is 0. The van der Waals surface area contributed by atoms with Gasteiger partial charge in [-0.3, -0.25) is 0 Å². The lowest BCUT2D eigenvalue weighted by Crippen LogP contribution is -2.25. The highest BCUT2D eigenvalue weighted by Crippen LogP contribution is 2.13. The van der Waals surface area contributed by atoms with E-state index in [4.69, 9.17) is 4.74 Å². The molecule has 106 valence electrons. The van der Waals surface area contributed by atoms with Crippen LogP contribution in [0.25, 0.3) is 0 Å². The molecule has 2 nitrogen and oxygen atoms in total. The summed E-state index contributed by atoms with van der Waals surface area (Å²) in [7, 11) is -1.34. The second kappa shape index (κ2) is 7.99. The van der Waals surface area contributed by atoms with Crippen LogP contribution in [-0.2, 0) is 4.74 Å². The molecular formula is C15H30O2Si. The molecule has 0 aliphatic carbocycles. The van der Waals surface area contributed by atoms with Gasteiger partial charge in [-0.15, -0.1) is 5.54 Å². The molecule has 0 fully saturated rings. The van der Waals surface area contributed by atoms with Crippen LogP contribution in [0.3, 0.4) is 0 Å². The molecule has 1 N–H and O–H groups in total. The zero-order valence-electron chi connectivity index (χ0n) is 13.1. The normalized spacial score (nSPS) is 16.9. The van der Waals surface area contributed by atoms with Gasteiger partial charge in [-0.25, -0.2) is 0 Å². The highest BCUT2D eigenvalue weighted by molar-refractivity contribution is 6.83. The van der Waals surface area contributed by atoms with Crippen molar-refractivity contribution in [2.75, 3.05) is 0 Å². The van der Waals surface area contributed by atoms with E-state index in [2.05, 4.69) is 45.0 Å². The van der Waals surface area contributed by atoms with E-state index in [0.717, 1.165) is 6.42 Å². The maximum absolute atomic E-state index is 9.37.